The first-order valence-corrected chi connectivity index (χ1v) is 10.0. The number of para-hydroxylation sites is 1. The summed E-state index contributed by atoms with van der Waals surface area (Å²) in [6.07, 6.45) is 12.5. The number of rotatable bonds is 8. The van der Waals surface area contributed by atoms with Gasteiger partial charge in [-0.2, -0.15) is 0 Å². The first-order valence-electron chi connectivity index (χ1n) is 10.0. The Morgan fingerprint density at radius 2 is 1.94 bits per heavy atom. The van der Waals surface area contributed by atoms with E-state index in [1.54, 1.807) is 10.6 Å². The molecule has 0 amide bonds. The largest absolute Gasteiger partial charge is 0.503 e. The van der Waals surface area contributed by atoms with Crippen molar-refractivity contribution in [3.05, 3.63) is 106 Å². The van der Waals surface area contributed by atoms with E-state index in [2.05, 4.69) is 16.9 Å². The summed E-state index contributed by atoms with van der Waals surface area (Å²) in [7, 11) is 0. The average molecular weight is 428 g/mol. The summed E-state index contributed by atoms with van der Waals surface area (Å²) >= 11 is 0. The summed E-state index contributed by atoms with van der Waals surface area (Å²) in [5, 5.41) is 9.69. The monoisotopic (exact) mass is 427 g/mol. The van der Waals surface area contributed by atoms with Gasteiger partial charge in [0, 0.05) is 23.9 Å². The molecule has 0 saturated heterocycles. The average Bonchev–Trinajstić information content (AvgIpc) is 2.78. The second-order valence-corrected chi connectivity index (χ2v) is 7.17. The van der Waals surface area contributed by atoms with E-state index >= 15 is 0 Å². The van der Waals surface area contributed by atoms with E-state index in [-0.39, 0.29) is 5.75 Å². The molecular formula is C26H25N3O3. The van der Waals surface area contributed by atoms with Crippen LogP contribution < -0.4 is 21.3 Å². The molecule has 3 rings (SSSR count). The Kier molecular flexibility index (Phi) is 7.52. The molecule has 0 aliphatic heterocycles. The van der Waals surface area contributed by atoms with Crippen LogP contribution in [0.5, 0.6) is 11.5 Å². The second-order valence-electron chi connectivity index (χ2n) is 7.17. The molecule has 0 bridgehead atoms. The standard InChI is InChI=1S/C26H25N3O3/c1-4-8-21(9-7-16-29-18-26(31)25(30)17-20(29)3)23-10-5-6-11-24(23)27-28-32-22-14-12-19(2)13-15-22/h1,5-15,17-18,27-28,31H,16H2,2-3H3/b9-7-,21-8+. The Balaban J connectivity index is 1.74. The molecule has 3 aromatic rings. The number of nitrogens with zero attached hydrogens (tertiary/aromatic N) is 1. The number of pyridine rings is 1. The van der Waals surface area contributed by atoms with Crippen LogP contribution in [0.1, 0.15) is 16.8 Å². The molecule has 0 spiro atoms. The van der Waals surface area contributed by atoms with Crippen LogP contribution in [0.25, 0.3) is 5.57 Å². The Hall–Kier alpha value is -4.21. The highest BCUT2D eigenvalue weighted by molar-refractivity contribution is 5.83. The fourth-order valence-corrected chi connectivity index (χ4v) is 3.04. The minimum atomic E-state index is -0.393. The summed E-state index contributed by atoms with van der Waals surface area (Å²) in [5.41, 5.74) is 9.80. The number of anilines is 1. The molecule has 1 heterocycles. The molecule has 2 aromatic carbocycles. The molecule has 32 heavy (non-hydrogen) atoms. The van der Waals surface area contributed by atoms with Crippen LogP contribution in [-0.2, 0) is 6.54 Å². The van der Waals surface area contributed by atoms with Gasteiger partial charge in [-0.15, -0.1) is 6.42 Å². The van der Waals surface area contributed by atoms with Gasteiger partial charge in [0.2, 0.25) is 5.43 Å². The summed E-state index contributed by atoms with van der Waals surface area (Å²) < 4.78 is 1.78. The lowest BCUT2D eigenvalue weighted by atomic mass is 10.0. The third-order valence-corrected chi connectivity index (χ3v) is 4.78. The molecule has 0 atom stereocenters. The molecule has 3 N–H and O–H groups in total. The normalized spacial score (nSPS) is 11.3. The number of hydrogen-bond acceptors (Lipinski definition) is 5. The van der Waals surface area contributed by atoms with Gasteiger partial charge in [-0.05, 0) is 43.7 Å². The van der Waals surface area contributed by atoms with E-state index in [9.17, 15) is 9.90 Å². The number of terminal acetylenes is 1. The quantitative estimate of drug-likeness (QED) is 0.283. The van der Waals surface area contributed by atoms with Crippen LogP contribution >= 0.6 is 0 Å². The summed E-state index contributed by atoms with van der Waals surface area (Å²) in [4.78, 5) is 17.1. The highest BCUT2D eigenvalue weighted by Crippen LogP contribution is 2.24. The van der Waals surface area contributed by atoms with E-state index in [1.165, 1.54) is 12.3 Å². The van der Waals surface area contributed by atoms with E-state index in [4.69, 9.17) is 11.3 Å². The summed E-state index contributed by atoms with van der Waals surface area (Å²) in [6.45, 7) is 4.29. The van der Waals surface area contributed by atoms with Crippen molar-refractivity contribution in [2.75, 3.05) is 5.43 Å². The van der Waals surface area contributed by atoms with Crippen molar-refractivity contribution >= 4 is 11.3 Å². The lowest BCUT2D eigenvalue weighted by Gasteiger charge is -2.14. The molecule has 0 unspecified atom stereocenters. The zero-order valence-electron chi connectivity index (χ0n) is 18.0. The number of allylic oxidation sites excluding steroid dienone is 4. The molecule has 6 nitrogen and oxygen atoms in total. The van der Waals surface area contributed by atoms with Gasteiger partial charge in [0.05, 0.1) is 11.9 Å². The molecule has 6 heteroatoms. The van der Waals surface area contributed by atoms with Crippen LogP contribution in [0.3, 0.4) is 0 Å². The van der Waals surface area contributed by atoms with Crippen molar-refractivity contribution in [3.63, 3.8) is 0 Å². The minimum Gasteiger partial charge on any atom is -0.503 e. The SMILES string of the molecule is C#C/C=C(\C=C/Cn1cc(O)c(=O)cc1C)c1ccccc1NNOc1ccc(C)cc1. The van der Waals surface area contributed by atoms with Crippen molar-refractivity contribution < 1.29 is 9.94 Å². The van der Waals surface area contributed by atoms with Crippen molar-refractivity contribution in [1.82, 2.24) is 10.2 Å². The van der Waals surface area contributed by atoms with Gasteiger partial charge >= 0.3 is 0 Å². The molecule has 0 aliphatic carbocycles. The Morgan fingerprint density at radius 3 is 2.69 bits per heavy atom. The van der Waals surface area contributed by atoms with Crippen molar-refractivity contribution in [2.45, 2.75) is 20.4 Å². The Bertz CT molecular complexity index is 1230. The van der Waals surface area contributed by atoms with Crippen molar-refractivity contribution in [2.24, 2.45) is 0 Å². The first kappa shape index (κ1) is 22.5. The summed E-state index contributed by atoms with van der Waals surface area (Å²) in [5.74, 6) is 2.98. The Morgan fingerprint density at radius 1 is 1.19 bits per heavy atom. The van der Waals surface area contributed by atoms with E-state index in [1.807, 2.05) is 74.5 Å². The number of nitrogens with one attached hydrogen (secondary N) is 2. The fourth-order valence-electron chi connectivity index (χ4n) is 3.04. The number of aryl methyl sites for hydroxylation is 2. The zero-order chi connectivity index (χ0) is 22.9. The van der Waals surface area contributed by atoms with Crippen LogP contribution in [0.2, 0.25) is 0 Å². The number of aromatic hydroxyl groups is 1. The van der Waals surface area contributed by atoms with E-state index in [0.29, 0.717) is 12.3 Å². The molecule has 1 aromatic heterocycles. The third-order valence-electron chi connectivity index (χ3n) is 4.78. The van der Waals surface area contributed by atoms with E-state index < -0.39 is 5.43 Å². The maximum absolute atomic E-state index is 11.5. The predicted molar refractivity (Wildman–Crippen MR) is 128 cm³/mol. The molecule has 0 radical (unpaired) electrons. The van der Waals surface area contributed by atoms with Gasteiger partial charge in [0.25, 0.3) is 0 Å². The lowest BCUT2D eigenvalue weighted by molar-refractivity contribution is 0.222. The molecule has 0 fully saturated rings. The topological polar surface area (TPSA) is 75.5 Å². The molecule has 162 valence electrons. The van der Waals surface area contributed by atoms with Crippen LogP contribution in [-0.4, -0.2) is 9.67 Å². The first-order chi connectivity index (χ1) is 15.5. The van der Waals surface area contributed by atoms with Gasteiger partial charge in [-0.25, -0.2) is 0 Å². The zero-order valence-corrected chi connectivity index (χ0v) is 18.0. The minimum absolute atomic E-state index is 0.280. The predicted octanol–water partition coefficient (Wildman–Crippen LogP) is 4.35. The second kappa shape index (κ2) is 10.7. The maximum atomic E-state index is 11.5. The molecule has 0 aliphatic rings. The number of hydrogen-bond donors (Lipinski definition) is 3. The van der Waals surface area contributed by atoms with Gasteiger partial charge in [-0.3, -0.25) is 10.2 Å². The highest BCUT2D eigenvalue weighted by atomic mass is 16.7. The number of benzene rings is 2. The van der Waals surface area contributed by atoms with E-state index in [0.717, 1.165) is 28.1 Å². The third kappa shape index (κ3) is 5.91. The smallest absolute Gasteiger partial charge is 0.223 e. The number of aromatic nitrogens is 1. The summed E-state index contributed by atoms with van der Waals surface area (Å²) in [6, 6.07) is 16.8. The maximum Gasteiger partial charge on any atom is 0.223 e. The van der Waals surface area contributed by atoms with Gasteiger partial charge in [0.1, 0.15) is 5.75 Å². The molecule has 0 saturated carbocycles. The van der Waals surface area contributed by atoms with Gasteiger partial charge in [-0.1, -0.05) is 59.6 Å². The number of hydrazine groups is 1. The van der Waals surface area contributed by atoms with Crippen LogP contribution in [0, 0.1) is 26.2 Å². The highest BCUT2D eigenvalue weighted by Gasteiger charge is 2.06. The lowest BCUT2D eigenvalue weighted by Crippen LogP contribution is -2.26. The van der Waals surface area contributed by atoms with Crippen LogP contribution in [0.4, 0.5) is 5.69 Å². The van der Waals surface area contributed by atoms with Crippen molar-refractivity contribution in [3.8, 4) is 23.8 Å². The Labute approximate surface area is 187 Å². The van der Waals surface area contributed by atoms with Gasteiger partial charge < -0.3 is 14.5 Å². The molecular weight excluding hydrogens is 402 g/mol. The fraction of sp³-hybridized carbons (Fsp3) is 0.115. The van der Waals surface area contributed by atoms with Crippen molar-refractivity contribution in [1.29, 1.82) is 0 Å². The van der Waals surface area contributed by atoms with Crippen LogP contribution in [0.15, 0.2) is 83.8 Å². The van der Waals surface area contributed by atoms with Gasteiger partial charge in [0.15, 0.2) is 5.75 Å².